The second kappa shape index (κ2) is 9.24. The summed E-state index contributed by atoms with van der Waals surface area (Å²) in [6.45, 7) is 5.12. The van der Waals surface area contributed by atoms with Crippen molar-refractivity contribution in [3.63, 3.8) is 0 Å². The number of rotatable bonds is 5. The van der Waals surface area contributed by atoms with Crippen LogP contribution in [0.15, 0.2) is 82.6 Å². The summed E-state index contributed by atoms with van der Waals surface area (Å²) in [6, 6.07) is 24.7. The molecule has 1 amide bonds. The third kappa shape index (κ3) is 4.44. The molecule has 4 aromatic rings. The highest BCUT2D eigenvalue weighted by atomic mass is 32.2. The molecule has 5 rings (SSSR count). The summed E-state index contributed by atoms with van der Waals surface area (Å²) >= 11 is 1.63. The van der Waals surface area contributed by atoms with Crippen molar-refractivity contribution < 1.29 is 9.53 Å². The third-order valence-corrected chi connectivity index (χ3v) is 7.24. The molecule has 0 unspecified atom stereocenters. The normalized spacial score (nSPS) is 14.0. The van der Waals surface area contributed by atoms with Crippen molar-refractivity contribution in [1.29, 1.82) is 0 Å². The van der Waals surface area contributed by atoms with E-state index in [0.717, 1.165) is 39.5 Å². The predicted molar refractivity (Wildman–Crippen MR) is 135 cm³/mol. The highest BCUT2D eigenvalue weighted by Gasteiger charge is 2.27. The van der Waals surface area contributed by atoms with Gasteiger partial charge in [0.05, 0.1) is 17.5 Å². The van der Waals surface area contributed by atoms with Crippen LogP contribution in [-0.4, -0.2) is 49.1 Å². The van der Waals surface area contributed by atoms with Gasteiger partial charge in [-0.25, -0.2) is 0 Å². The number of aromatic nitrogens is 1. The van der Waals surface area contributed by atoms with Gasteiger partial charge in [-0.15, -0.1) is 0 Å². The first-order valence-electron chi connectivity index (χ1n) is 11.2. The number of aromatic amines is 1. The maximum Gasteiger partial charge on any atom is 0.271 e. The standard InChI is InChI=1S/C27H27N3O2S/c1-19-8-11-22(12-9-19)33-26-23-13-10-21(32-2)18-24(23)28-25(26)27(31)30-16-14-29(15-17-30)20-6-4-3-5-7-20/h3-13,18,28H,14-17H2,1-2H3. The molecule has 1 aliphatic rings. The topological polar surface area (TPSA) is 48.6 Å². The molecule has 1 saturated heterocycles. The Morgan fingerprint density at radius 2 is 1.67 bits per heavy atom. The second-order valence-electron chi connectivity index (χ2n) is 8.27. The molecular weight excluding hydrogens is 430 g/mol. The summed E-state index contributed by atoms with van der Waals surface area (Å²) in [4.78, 5) is 23.4. The lowest BCUT2D eigenvalue weighted by Crippen LogP contribution is -2.49. The first kappa shape index (κ1) is 21.5. The van der Waals surface area contributed by atoms with E-state index in [1.165, 1.54) is 11.3 Å². The van der Waals surface area contributed by atoms with Crippen molar-refractivity contribution in [2.75, 3.05) is 38.2 Å². The van der Waals surface area contributed by atoms with Gasteiger partial charge in [-0.1, -0.05) is 47.7 Å². The largest absolute Gasteiger partial charge is 0.497 e. The first-order valence-corrected chi connectivity index (χ1v) is 12.0. The molecule has 3 aromatic carbocycles. The SMILES string of the molecule is COc1ccc2c(Sc3ccc(C)cc3)c(C(=O)N3CCN(c4ccccc4)CC3)[nH]c2c1. The molecule has 1 fully saturated rings. The lowest BCUT2D eigenvalue weighted by molar-refractivity contribution is 0.0738. The number of carbonyl (C=O) groups excluding carboxylic acids is 1. The molecule has 168 valence electrons. The Balaban J connectivity index is 1.43. The van der Waals surface area contributed by atoms with E-state index in [4.69, 9.17) is 4.74 Å². The van der Waals surface area contributed by atoms with Gasteiger partial charge in [-0.3, -0.25) is 4.79 Å². The predicted octanol–water partition coefficient (Wildman–Crippen LogP) is 5.60. The second-order valence-corrected chi connectivity index (χ2v) is 9.35. The number of carbonyl (C=O) groups is 1. The van der Waals surface area contributed by atoms with Gasteiger partial charge in [0.15, 0.2) is 0 Å². The van der Waals surface area contributed by atoms with Crippen molar-refractivity contribution in [1.82, 2.24) is 9.88 Å². The number of anilines is 1. The highest BCUT2D eigenvalue weighted by molar-refractivity contribution is 7.99. The van der Waals surface area contributed by atoms with E-state index in [9.17, 15) is 4.79 Å². The van der Waals surface area contributed by atoms with Crippen molar-refractivity contribution >= 4 is 34.3 Å². The average molecular weight is 458 g/mol. The lowest BCUT2D eigenvalue weighted by atomic mass is 10.2. The molecule has 2 heterocycles. The molecule has 1 aromatic heterocycles. The summed E-state index contributed by atoms with van der Waals surface area (Å²) in [5.41, 5.74) is 3.99. The third-order valence-electron chi connectivity index (χ3n) is 6.10. The number of H-pyrrole nitrogens is 1. The van der Waals surface area contributed by atoms with Crippen LogP contribution >= 0.6 is 11.8 Å². The van der Waals surface area contributed by atoms with Crippen LogP contribution in [0.2, 0.25) is 0 Å². The zero-order valence-corrected chi connectivity index (χ0v) is 19.7. The first-order chi connectivity index (χ1) is 16.1. The number of para-hydroxylation sites is 1. The number of amides is 1. The summed E-state index contributed by atoms with van der Waals surface area (Å²) in [5, 5.41) is 1.03. The number of fused-ring (bicyclic) bond motifs is 1. The highest BCUT2D eigenvalue weighted by Crippen LogP contribution is 2.38. The smallest absolute Gasteiger partial charge is 0.271 e. The number of nitrogens with zero attached hydrogens (tertiary/aromatic N) is 2. The lowest BCUT2D eigenvalue weighted by Gasteiger charge is -2.36. The van der Waals surface area contributed by atoms with Gasteiger partial charge in [0.25, 0.3) is 5.91 Å². The molecule has 0 atom stereocenters. The molecule has 1 N–H and O–H groups in total. The molecule has 6 heteroatoms. The molecule has 0 radical (unpaired) electrons. The van der Waals surface area contributed by atoms with Crippen LogP contribution in [0.4, 0.5) is 5.69 Å². The average Bonchev–Trinajstić information content (AvgIpc) is 3.23. The van der Waals surface area contributed by atoms with Gasteiger partial charge in [0.1, 0.15) is 11.4 Å². The quantitative estimate of drug-likeness (QED) is 0.424. The molecule has 1 aliphatic heterocycles. The number of aryl methyl sites for hydroxylation is 1. The number of ether oxygens (including phenoxy) is 1. The van der Waals surface area contributed by atoms with E-state index in [0.29, 0.717) is 18.8 Å². The number of benzene rings is 3. The molecule has 5 nitrogen and oxygen atoms in total. The molecular formula is C27H27N3O2S. The van der Waals surface area contributed by atoms with Crippen molar-refractivity contribution in [3.8, 4) is 5.75 Å². The molecule has 33 heavy (non-hydrogen) atoms. The van der Waals surface area contributed by atoms with Crippen molar-refractivity contribution in [2.24, 2.45) is 0 Å². The Bertz CT molecular complexity index is 1260. The fourth-order valence-corrected chi connectivity index (χ4v) is 5.26. The molecule has 0 bridgehead atoms. The summed E-state index contributed by atoms with van der Waals surface area (Å²) in [7, 11) is 1.66. The number of methoxy groups -OCH3 is 1. The Labute approximate surface area is 198 Å². The monoisotopic (exact) mass is 457 g/mol. The van der Waals surface area contributed by atoms with Crippen molar-refractivity contribution in [2.45, 2.75) is 16.7 Å². The van der Waals surface area contributed by atoms with Crippen LogP contribution in [0.3, 0.4) is 0 Å². The Hall–Kier alpha value is -3.38. The van der Waals surface area contributed by atoms with E-state index in [-0.39, 0.29) is 5.91 Å². The van der Waals surface area contributed by atoms with Crippen LogP contribution in [-0.2, 0) is 0 Å². The van der Waals surface area contributed by atoms with Crippen LogP contribution < -0.4 is 9.64 Å². The number of hydrogen-bond acceptors (Lipinski definition) is 4. The molecule has 0 spiro atoms. The number of nitrogens with one attached hydrogen (secondary N) is 1. The fraction of sp³-hybridized carbons (Fsp3) is 0.222. The summed E-state index contributed by atoms with van der Waals surface area (Å²) < 4.78 is 5.41. The van der Waals surface area contributed by atoms with E-state index in [1.807, 2.05) is 29.2 Å². The minimum atomic E-state index is 0.0486. The van der Waals surface area contributed by atoms with Crippen LogP contribution in [0.25, 0.3) is 10.9 Å². The van der Waals surface area contributed by atoms with Crippen LogP contribution in [0.5, 0.6) is 5.75 Å². The van der Waals surface area contributed by atoms with Gasteiger partial charge in [-0.2, -0.15) is 0 Å². The maximum absolute atomic E-state index is 13.7. The minimum Gasteiger partial charge on any atom is -0.497 e. The fourth-order valence-electron chi connectivity index (χ4n) is 4.22. The van der Waals surface area contributed by atoms with Gasteiger partial charge in [0.2, 0.25) is 0 Å². The van der Waals surface area contributed by atoms with E-state index >= 15 is 0 Å². The number of hydrogen-bond donors (Lipinski definition) is 1. The molecule has 0 saturated carbocycles. The van der Waals surface area contributed by atoms with Crippen molar-refractivity contribution in [3.05, 3.63) is 84.1 Å². The van der Waals surface area contributed by atoms with E-state index in [1.54, 1.807) is 18.9 Å². The summed E-state index contributed by atoms with van der Waals surface area (Å²) in [6.07, 6.45) is 0. The minimum absolute atomic E-state index is 0.0486. The van der Waals surface area contributed by atoms with Crippen LogP contribution in [0.1, 0.15) is 16.1 Å². The Morgan fingerprint density at radius 3 is 2.36 bits per heavy atom. The zero-order valence-electron chi connectivity index (χ0n) is 18.9. The zero-order chi connectivity index (χ0) is 22.8. The Morgan fingerprint density at radius 1 is 0.939 bits per heavy atom. The van der Waals surface area contributed by atoms with Gasteiger partial charge in [0, 0.05) is 48.2 Å². The van der Waals surface area contributed by atoms with E-state index < -0.39 is 0 Å². The van der Waals surface area contributed by atoms with Gasteiger partial charge < -0.3 is 19.5 Å². The van der Waals surface area contributed by atoms with Crippen LogP contribution in [0, 0.1) is 6.92 Å². The maximum atomic E-state index is 13.7. The van der Waals surface area contributed by atoms with Gasteiger partial charge in [-0.05, 0) is 43.3 Å². The van der Waals surface area contributed by atoms with E-state index in [2.05, 4.69) is 65.3 Å². The van der Waals surface area contributed by atoms with Gasteiger partial charge >= 0.3 is 0 Å². The Kier molecular flexibility index (Phi) is 6.01. The molecule has 0 aliphatic carbocycles. The number of piperazine rings is 1. The summed E-state index contributed by atoms with van der Waals surface area (Å²) in [5.74, 6) is 0.818.